The molecule has 0 unspecified atom stereocenters. The number of carboxylic acids is 1. The number of amides is 1. The molecule has 0 radical (unpaired) electrons. The molecule has 130 valence electrons. The average molecular weight is 343 g/mol. The van der Waals surface area contributed by atoms with Gasteiger partial charge < -0.3 is 24.6 Å². The molecular formula is C18H17NO6. The Kier molecular flexibility index (Phi) is 5.03. The minimum atomic E-state index is -1.01. The molecule has 1 amide bonds. The number of benzene rings is 2. The molecule has 0 bridgehead atoms. The Hall–Kier alpha value is -3.22. The summed E-state index contributed by atoms with van der Waals surface area (Å²) in [5.41, 5.74) is 0.987. The van der Waals surface area contributed by atoms with Gasteiger partial charge in [0.1, 0.15) is 12.4 Å². The van der Waals surface area contributed by atoms with Gasteiger partial charge in [0.05, 0.1) is 18.5 Å². The first kappa shape index (κ1) is 16.6. The minimum Gasteiger partial charge on any atom is -0.492 e. The van der Waals surface area contributed by atoms with Crippen LogP contribution in [-0.4, -0.2) is 36.9 Å². The number of aromatic carboxylic acids is 1. The van der Waals surface area contributed by atoms with Gasteiger partial charge in [0, 0.05) is 0 Å². The van der Waals surface area contributed by atoms with Crippen LogP contribution >= 0.6 is 0 Å². The van der Waals surface area contributed by atoms with Gasteiger partial charge in [0.25, 0.3) is 0 Å². The molecule has 7 heteroatoms. The molecule has 0 spiro atoms. The van der Waals surface area contributed by atoms with E-state index in [0.29, 0.717) is 23.8 Å². The van der Waals surface area contributed by atoms with Gasteiger partial charge in [-0.15, -0.1) is 0 Å². The SMILES string of the molecule is O=C(Cc1ccc2c(c1)OCO2)NCCOc1cccc(C(=O)O)c1. The van der Waals surface area contributed by atoms with Crippen molar-refractivity contribution in [1.29, 1.82) is 0 Å². The first-order chi connectivity index (χ1) is 12.1. The summed E-state index contributed by atoms with van der Waals surface area (Å²) in [6, 6.07) is 11.6. The summed E-state index contributed by atoms with van der Waals surface area (Å²) in [5.74, 6) is 0.627. The Morgan fingerprint density at radius 2 is 1.96 bits per heavy atom. The van der Waals surface area contributed by atoms with Gasteiger partial charge in [-0.05, 0) is 35.9 Å². The third kappa shape index (κ3) is 4.41. The van der Waals surface area contributed by atoms with Gasteiger partial charge in [0.2, 0.25) is 12.7 Å². The summed E-state index contributed by atoms with van der Waals surface area (Å²) in [6.07, 6.45) is 0.227. The number of hydrogen-bond acceptors (Lipinski definition) is 5. The van der Waals surface area contributed by atoms with E-state index in [4.69, 9.17) is 19.3 Å². The Balaban J connectivity index is 1.42. The topological polar surface area (TPSA) is 94.1 Å². The van der Waals surface area contributed by atoms with Crippen LogP contribution in [0.4, 0.5) is 0 Å². The summed E-state index contributed by atoms with van der Waals surface area (Å²) in [5, 5.41) is 11.7. The van der Waals surface area contributed by atoms with Crippen molar-refractivity contribution in [3.8, 4) is 17.2 Å². The lowest BCUT2D eigenvalue weighted by Gasteiger charge is -2.08. The van der Waals surface area contributed by atoms with Crippen LogP contribution in [0.2, 0.25) is 0 Å². The lowest BCUT2D eigenvalue weighted by molar-refractivity contribution is -0.120. The fraction of sp³-hybridized carbons (Fsp3) is 0.222. The van der Waals surface area contributed by atoms with Crippen molar-refractivity contribution in [2.24, 2.45) is 0 Å². The summed E-state index contributed by atoms with van der Waals surface area (Å²) < 4.78 is 15.9. The van der Waals surface area contributed by atoms with Crippen LogP contribution in [-0.2, 0) is 11.2 Å². The molecule has 2 aromatic rings. The number of fused-ring (bicyclic) bond motifs is 1. The molecule has 0 aromatic heterocycles. The van der Waals surface area contributed by atoms with Crippen molar-refractivity contribution in [2.45, 2.75) is 6.42 Å². The predicted octanol–water partition coefficient (Wildman–Crippen LogP) is 1.85. The molecule has 3 rings (SSSR count). The minimum absolute atomic E-state index is 0.137. The maximum Gasteiger partial charge on any atom is 0.335 e. The molecular weight excluding hydrogens is 326 g/mol. The van der Waals surface area contributed by atoms with Gasteiger partial charge in [-0.25, -0.2) is 4.79 Å². The lowest BCUT2D eigenvalue weighted by Crippen LogP contribution is -2.29. The second-order valence-electron chi connectivity index (χ2n) is 5.40. The second-order valence-corrected chi connectivity index (χ2v) is 5.40. The van der Waals surface area contributed by atoms with Crippen molar-refractivity contribution in [3.05, 3.63) is 53.6 Å². The highest BCUT2D eigenvalue weighted by molar-refractivity contribution is 5.88. The van der Waals surface area contributed by atoms with Gasteiger partial charge in [0.15, 0.2) is 11.5 Å². The molecule has 0 aliphatic carbocycles. The third-order valence-electron chi connectivity index (χ3n) is 3.58. The summed E-state index contributed by atoms with van der Waals surface area (Å²) in [7, 11) is 0. The van der Waals surface area contributed by atoms with Crippen LogP contribution in [0.25, 0.3) is 0 Å². The van der Waals surface area contributed by atoms with Crippen LogP contribution in [0.3, 0.4) is 0 Å². The van der Waals surface area contributed by atoms with Crippen molar-refractivity contribution in [1.82, 2.24) is 5.32 Å². The molecule has 2 N–H and O–H groups in total. The molecule has 0 saturated carbocycles. The van der Waals surface area contributed by atoms with E-state index in [0.717, 1.165) is 5.56 Å². The van der Waals surface area contributed by atoms with Crippen LogP contribution in [0.5, 0.6) is 17.2 Å². The van der Waals surface area contributed by atoms with E-state index in [1.54, 1.807) is 24.3 Å². The van der Waals surface area contributed by atoms with Crippen LogP contribution in [0.15, 0.2) is 42.5 Å². The van der Waals surface area contributed by atoms with Crippen LogP contribution in [0, 0.1) is 0 Å². The number of nitrogens with one attached hydrogen (secondary N) is 1. The van der Waals surface area contributed by atoms with Crippen molar-refractivity contribution >= 4 is 11.9 Å². The number of carbonyl (C=O) groups is 2. The maximum atomic E-state index is 12.0. The monoisotopic (exact) mass is 343 g/mol. The van der Waals surface area contributed by atoms with Crippen molar-refractivity contribution < 1.29 is 28.9 Å². The Morgan fingerprint density at radius 3 is 2.80 bits per heavy atom. The van der Waals surface area contributed by atoms with Crippen LogP contribution < -0.4 is 19.5 Å². The highest BCUT2D eigenvalue weighted by Gasteiger charge is 2.14. The first-order valence-electron chi connectivity index (χ1n) is 7.73. The van der Waals surface area contributed by atoms with E-state index in [-0.39, 0.29) is 31.3 Å². The number of carboxylic acid groups (broad SMARTS) is 1. The Morgan fingerprint density at radius 1 is 1.12 bits per heavy atom. The highest BCUT2D eigenvalue weighted by atomic mass is 16.7. The zero-order chi connectivity index (χ0) is 17.6. The fourth-order valence-corrected chi connectivity index (χ4v) is 2.38. The van der Waals surface area contributed by atoms with E-state index in [1.807, 2.05) is 6.07 Å². The number of carbonyl (C=O) groups excluding carboxylic acids is 1. The first-order valence-corrected chi connectivity index (χ1v) is 7.73. The molecule has 1 aliphatic heterocycles. The standard InChI is InChI=1S/C18H17NO6/c20-17(9-12-4-5-15-16(8-12)25-11-24-15)19-6-7-23-14-3-1-2-13(10-14)18(21)22/h1-5,8,10H,6-7,9,11H2,(H,19,20)(H,21,22). The van der Waals surface area contributed by atoms with Gasteiger partial charge in [-0.1, -0.05) is 12.1 Å². The van der Waals surface area contributed by atoms with Crippen molar-refractivity contribution in [2.75, 3.05) is 19.9 Å². The van der Waals surface area contributed by atoms with E-state index in [9.17, 15) is 9.59 Å². The molecule has 2 aromatic carbocycles. The zero-order valence-corrected chi connectivity index (χ0v) is 13.4. The average Bonchev–Trinajstić information content (AvgIpc) is 3.07. The third-order valence-corrected chi connectivity index (χ3v) is 3.58. The van der Waals surface area contributed by atoms with Gasteiger partial charge in [-0.3, -0.25) is 4.79 Å². The fourth-order valence-electron chi connectivity index (χ4n) is 2.38. The zero-order valence-electron chi connectivity index (χ0n) is 13.4. The summed E-state index contributed by atoms with van der Waals surface area (Å²) in [6.45, 7) is 0.766. The summed E-state index contributed by atoms with van der Waals surface area (Å²) in [4.78, 5) is 22.8. The van der Waals surface area contributed by atoms with E-state index < -0.39 is 5.97 Å². The van der Waals surface area contributed by atoms with Gasteiger partial charge in [-0.2, -0.15) is 0 Å². The lowest BCUT2D eigenvalue weighted by atomic mass is 10.1. The Bertz CT molecular complexity index is 789. The van der Waals surface area contributed by atoms with E-state index in [1.165, 1.54) is 12.1 Å². The number of rotatable bonds is 7. The highest BCUT2D eigenvalue weighted by Crippen LogP contribution is 2.32. The largest absolute Gasteiger partial charge is 0.492 e. The normalized spacial score (nSPS) is 11.8. The molecule has 0 atom stereocenters. The molecule has 7 nitrogen and oxygen atoms in total. The Labute approximate surface area is 144 Å². The molecule has 0 fully saturated rings. The number of ether oxygens (including phenoxy) is 3. The summed E-state index contributed by atoms with van der Waals surface area (Å²) >= 11 is 0. The molecule has 25 heavy (non-hydrogen) atoms. The van der Waals surface area contributed by atoms with E-state index in [2.05, 4.69) is 5.32 Å². The smallest absolute Gasteiger partial charge is 0.335 e. The number of hydrogen-bond donors (Lipinski definition) is 2. The van der Waals surface area contributed by atoms with Crippen LogP contribution in [0.1, 0.15) is 15.9 Å². The molecule has 1 heterocycles. The maximum absolute atomic E-state index is 12.0. The molecule has 1 aliphatic rings. The predicted molar refractivity (Wildman–Crippen MR) is 88.2 cm³/mol. The van der Waals surface area contributed by atoms with Gasteiger partial charge >= 0.3 is 5.97 Å². The van der Waals surface area contributed by atoms with Crippen molar-refractivity contribution in [3.63, 3.8) is 0 Å². The molecule has 0 saturated heterocycles. The quantitative estimate of drug-likeness (QED) is 0.745. The second kappa shape index (κ2) is 7.57. The van der Waals surface area contributed by atoms with E-state index >= 15 is 0 Å².